The summed E-state index contributed by atoms with van der Waals surface area (Å²) < 4.78 is 0. The Bertz CT molecular complexity index is 521. The van der Waals surface area contributed by atoms with E-state index in [0.717, 1.165) is 23.9 Å². The molecule has 0 spiro atoms. The highest BCUT2D eigenvalue weighted by Gasteiger charge is 2.17. The van der Waals surface area contributed by atoms with Gasteiger partial charge in [0, 0.05) is 25.3 Å². The number of nitrogens with one attached hydrogen (secondary N) is 2. The lowest BCUT2D eigenvalue weighted by Gasteiger charge is -2.27. The molecule has 0 atom stereocenters. The van der Waals surface area contributed by atoms with E-state index < -0.39 is 0 Å². The summed E-state index contributed by atoms with van der Waals surface area (Å²) in [4.78, 5) is 29.5. The average Bonchev–Trinajstić information content (AvgIpc) is 2.55. The van der Waals surface area contributed by atoms with E-state index in [4.69, 9.17) is 0 Å². The second-order valence-electron chi connectivity index (χ2n) is 5.44. The van der Waals surface area contributed by atoms with Crippen LogP contribution in [0.5, 0.6) is 0 Å². The summed E-state index contributed by atoms with van der Waals surface area (Å²) in [5.74, 6) is 2.74. The number of unbranched alkanes of at least 4 members (excludes halogenated alkanes) is 1. The Morgan fingerprint density at radius 2 is 2.30 bits per heavy atom. The smallest absolute Gasteiger partial charge is 0.239 e. The highest BCUT2D eigenvalue weighted by Crippen LogP contribution is 2.15. The van der Waals surface area contributed by atoms with Gasteiger partial charge in [0.1, 0.15) is 5.82 Å². The Balaban J connectivity index is 1.76. The topological polar surface area (TPSA) is 74.3 Å². The first kappa shape index (κ1) is 17.6. The van der Waals surface area contributed by atoms with Gasteiger partial charge in [-0.05, 0) is 24.3 Å². The number of hydrogen-bond donors (Lipinski definition) is 2. The van der Waals surface area contributed by atoms with Crippen molar-refractivity contribution >= 4 is 35.1 Å². The number of nitrogens with zero attached hydrogens (tertiary/aromatic N) is 2. The Kier molecular flexibility index (Phi) is 7.19. The Hall–Kier alpha value is -1.76. The molecule has 6 nitrogen and oxygen atoms in total. The van der Waals surface area contributed by atoms with Gasteiger partial charge in [-0.25, -0.2) is 4.98 Å². The van der Waals surface area contributed by atoms with E-state index in [-0.39, 0.29) is 11.8 Å². The molecule has 1 fully saturated rings. The minimum absolute atomic E-state index is 0.0102. The van der Waals surface area contributed by atoms with Crippen LogP contribution in [0.1, 0.15) is 26.2 Å². The van der Waals surface area contributed by atoms with Gasteiger partial charge in [-0.15, -0.1) is 0 Å². The number of anilines is 2. The number of hydrogen-bond acceptors (Lipinski definition) is 5. The van der Waals surface area contributed by atoms with Crippen LogP contribution in [0.25, 0.3) is 0 Å². The zero-order valence-corrected chi connectivity index (χ0v) is 14.3. The van der Waals surface area contributed by atoms with Crippen LogP contribution in [0.15, 0.2) is 18.3 Å². The molecule has 1 aliphatic rings. The van der Waals surface area contributed by atoms with E-state index in [1.807, 2.05) is 28.8 Å². The number of pyridine rings is 1. The van der Waals surface area contributed by atoms with E-state index in [9.17, 15) is 9.59 Å². The van der Waals surface area contributed by atoms with Crippen molar-refractivity contribution in [2.24, 2.45) is 0 Å². The van der Waals surface area contributed by atoms with Crippen molar-refractivity contribution in [1.29, 1.82) is 0 Å². The van der Waals surface area contributed by atoms with E-state index in [1.54, 1.807) is 6.20 Å². The number of rotatable bonds is 8. The molecule has 2 amide bonds. The summed E-state index contributed by atoms with van der Waals surface area (Å²) >= 11 is 1.82. The molecule has 1 aliphatic heterocycles. The molecule has 0 unspecified atom stereocenters. The van der Waals surface area contributed by atoms with E-state index >= 15 is 0 Å². The maximum absolute atomic E-state index is 11.9. The highest BCUT2D eigenvalue weighted by atomic mass is 32.2. The van der Waals surface area contributed by atoms with Gasteiger partial charge >= 0.3 is 0 Å². The van der Waals surface area contributed by atoms with Crippen molar-refractivity contribution in [3.05, 3.63) is 18.3 Å². The lowest BCUT2D eigenvalue weighted by molar-refractivity contribution is -0.120. The van der Waals surface area contributed by atoms with Crippen molar-refractivity contribution in [2.75, 3.05) is 41.4 Å². The molecule has 1 aromatic rings. The number of amides is 2. The van der Waals surface area contributed by atoms with Crippen molar-refractivity contribution in [1.82, 2.24) is 10.3 Å². The monoisotopic (exact) mass is 336 g/mol. The standard InChI is InChI=1S/C16H24N4O2S/c1-2-3-9-23-10-6-15(21)19-13-4-5-14(18-11-13)20-8-7-17-16(22)12-20/h4-5,11H,2-3,6-10,12H2,1H3,(H,17,22)(H,19,21). The number of carbonyl (C=O) groups excluding carboxylic acids is 2. The normalized spacial score (nSPS) is 14.5. The molecule has 2 heterocycles. The second kappa shape index (κ2) is 9.39. The number of thioether (sulfide) groups is 1. The van der Waals surface area contributed by atoms with E-state index in [1.165, 1.54) is 12.8 Å². The lowest BCUT2D eigenvalue weighted by Crippen LogP contribution is -2.48. The third kappa shape index (κ3) is 6.09. The first-order chi connectivity index (χ1) is 11.2. The first-order valence-corrected chi connectivity index (χ1v) is 9.20. The van der Waals surface area contributed by atoms with Gasteiger partial charge in [-0.1, -0.05) is 13.3 Å². The lowest BCUT2D eigenvalue weighted by atomic mass is 10.3. The molecular weight excluding hydrogens is 312 g/mol. The van der Waals surface area contributed by atoms with Gasteiger partial charge in [-0.2, -0.15) is 11.8 Å². The summed E-state index contributed by atoms with van der Waals surface area (Å²) in [6.45, 7) is 3.88. The molecule has 7 heteroatoms. The largest absolute Gasteiger partial charge is 0.353 e. The molecule has 1 aromatic heterocycles. The first-order valence-electron chi connectivity index (χ1n) is 8.04. The molecule has 0 radical (unpaired) electrons. The summed E-state index contributed by atoms with van der Waals surface area (Å²) in [6, 6.07) is 3.67. The zero-order chi connectivity index (χ0) is 16.5. The molecule has 2 N–H and O–H groups in total. The van der Waals surface area contributed by atoms with Gasteiger partial charge in [0.15, 0.2) is 0 Å². The highest BCUT2D eigenvalue weighted by molar-refractivity contribution is 7.99. The minimum Gasteiger partial charge on any atom is -0.353 e. The molecule has 126 valence electrons. The molecule has 23 heavy (non-hydrogen) atoms. The van der Waals surface area contributed by atoms with Crippen molar-refractivity contribution in [2.45, 2.75) is 26.2 Å². The predicted molar refractivity (Wildman–Crippen MR) is 94.9 cm³/mol. The number of aromatic nitrogens is 1. The minimum atomic E-state index is 0.0102. The Labute approximate surface area is 141 Å². The molecule has 0 saturated carbocycles. The summed E-state index contributed by atoms with van der Waals surface area (Å²) in [6.07, 6.45) is 4.55. The van der Waals surface area contributed by atoms with Crippen LogP contribution in [0, 0.1) is 0 Å². The van der Waals surface area contributed by atoms with Crippen molar-refractivity contribution in [3.8, 4) is 0 Å². The van der Waals surface area contributed by atoms with Crippen LogP contribution in [-0.4, -0.2) is 47.9 Å². The molecule has 0 bridgehead atoms. The molecule has 0 aliphatic carbocycles. The van der Waals surface area contributed by atoms with Crippen molar-refractivity contribution in [3.63, 3.8) is 0 Å². The fourth-order valence-corrected chi connectivity index (χ4v) is 3.24. The van der Waals surface area contributed by atoms with Crippen molar-refractivity contribution < 1.29 is 9.59 Å². The van der Waals surface area contributed by atoms with Gasteiger partial charge in [-0.3, -0.25) is 9.59 Å². The zero-order valence-electron chi connectivity index (χ0n) is 13.5. The SMILES string of the molecule is CCCCSCCC(=O)Nc1ccc(N2CCNC(=O)C2)nc1. The van der Waals surface area contributed by atoms with Gasteiger partial charge < -0.3 is 15.5 Å². The quantitative estimate of drug-likeness (QED) is 0.709. The summed E-state index contributed by atoms with van der Waals surface area (Å²) in [5.41, 5.74) is 0.693. The Morgan fingerprint density at radius 3 is 3.00 bits per heavy atom. The molecular formula is C16H24N4O2S. The second-order valence-corrected chi connectivity index (χ2v) is 6.67. The van der Waals surface area contributed by atoms with Gasteiger partial charge in [0.25, 0.3) is 0 Å². The fourth-order valence-electron chi connectivity index (χ4n) is 2.22. The third-order valence-corrected chi connectivity index (χ3v) is 4.58. The predicted octanol–water partition coefficient (Wildman–Crippen LogP) is 1.88. The van der Waals surface area contributed by atoms with Crippen LogP contribution in [-0.2, 0) is 9.59 Å². The maximum Gasteiger partial charge on any atom is 0.239 e. The molecule has 0 aromatic carbocycles. The maximum atomic E-state index is 11.9. The van der Waals surface area contributed by atoms with Crippen LogP contribution in [0.4, 0.5) is 11.5 Å². The molecule has 2 rings (SSSR count). The average molecular weight is 336 g/mol. The number of piperazine rings is 1. The van der Waals surface area contributed by atoms with Crippen LogP contribution < -0.4 is 15.5 Å². The van der Waals surface area contributed by atoms with Crippen LogP contribution in [0.2, 0.25) is 0 Å². The summed E-state index contributed by atoms with van der Waals surface area (Å²) in [5, 5.41) is 5.64. The molecule has 1 saturated heterocycles. The Morgan fingerprint density at radius 1 is 1.43 bits per heavy atom. The van der Waals surface area contributed by atoms with E-state index in [0.29, 0.717) is 25.2 Å². The fraction of sp³-hybridized carbons (Fsp3) is 0.562. The van der Waals surface area contributed by atoms with Crippen LogP contribution >= 0.6 is 11.8 Å². The summed E-state index contributed by atoms with van der Waals surface area (Å²) in [7, 11) is 0. The van der Waals surface area contributed by atoms with Gasteiger partial charge in [0.05, 0.1) is 18.4 Å². The third-order valence-electron chi connectivity index (χ3n) is 3.51. The van der Waals surface area contributed by atoms with Crippen LogP contribution in [0.3, 0.4) is 0 Å². The van der Waals surface area contributed by atoms with E-state index in [2.05, 4.69) is 22.5 Å². The van der Waals surface area contributed by atoms with Gasteiger partial charge in [0.2, 0.25) is 11.8 Å². The number of carbonyl (C=O) groups is 2.